The SMILES string of the molecule is CNCC1(CN2CCCCCC2C)CCCC(C)C1. The fraction of sp³-hybridized carbons (Fsp3) is 1.00. The number of rotatable bonds is 4. The van der Waals surface area contributed by atoms with Crippen molar-refractivity contribution in [1.29, 1.82) is 0 Å². The predicted octanol–water partition coefficient (Wildman–Crippen LogP) is 3.67. The Morgan fingerprint density at radius 2 is 1.95 bits per heavy atom. The standard InChI is InChI=1S/C17H34N2/c1-15-8-7-10-17(12-15,13-18-3)14-19-11-6-4-5-9-16(19)2/h15-16,18H,4-14H2,1-3H3. The molecule has 2 heteroatoms. The van der Waals surface area contributed by atoms with Gasteiger partial charge in [0.2, 0.25) is 0 Å². The zero-order chi connectivity index (χ0) is 13.7. The Bertz CT molecular complexity index is 262. The van der Waals surface area contributed by atoms with Crippen molar-refractivity contribution in [1.82, 2.24) is 10.2 Å². The Hall–Kier alpha value is -0.0800. The minimum absolute atomic E-state index is 0.547. The highest BCUT2D eigenvalue weighted by Gasteiger charge is 2.36. The summed E-state index contributed by atoms with van der Waals surface area (Å²) in [5, 5.41) is 3.49. The quantitative estimate of drug-likeness (QED) is 0.835. The fourth-order valence-corrected chi connectivity index (χ4v) is 4.50. The van der Waals surface area contributed by atoms with Crippen molar-refractivity contribution in [3.05, 3.63) is 0 Å². The van der Waals surface area contributed by atoms with Gasteiger partial charge in [0, 0.05) is 19.1 Å². The molecule has 2 nitrogen and oxygen atoms in total. The first kappa shape index (κ1) is 15.3. The average Bonchev–Trinajstić information content (AvgIpc) is 2.55. The largest absolute Gasteiger partial charge is 0.319 e. The molecule has 0 aromatic rings. The molecule has 2 fully saturated rings. The second-order valence-corrected chi connectivity index (χ2v) is 7.40. The second kappa shape index (κ2) is 7.08. The molecule has 1 saturated heterocycles. The maximum absolute atomic E-state index is 3.49. The van der Waals surface area contributed by atoms with Crippen molar-refractivity contribution in [3.8, 4) is 0 Å². The molecule has 1 N–H and O–H groups in total. The van der Waals surface area contributed by atoms with Gasteiger partial charge >= 0.3 is 0 Å². The van der Waals surface area contributed by atoms with Gasteiger partial charge in [0.15, 0.2) is 0 Å². The average molecular weight is 266 g/mol. The van der Waals surface area contributed by atoms with Gasteiger partial charge in [0.25, 0.3) is 0 Å². The minimum Gasteiger partial charge on any atom is -0.319 e. The highest BCUT2D eigenvalue weighted by molar-refractivity contribution is 4.91. The van der Waals surface area contributed by atoms with E-state index >= 15 is 0 Å². The van der Waals surface area contributed by atoms with E-state index in [-0.39, 0.29) is 0 Å². The van der Waals surface area contributed by atoms with Gasteiger partial charge in [-0.15, -0.1) is 0 Å². The summed E-state index contributed by atoms with van der Waals surface area (Å²) in [6, 6.07) is 0.800. The van der Waals surface area contributed by atoms with Crippen molar-refractivity contribution in [2.75, 3.05) is 26.7 Å². The Kier molecular flexibility index (Phi) is 5.70. The molecule has 2 rings (SSSR count). The second-order valence-electron chi connectivity index (χ2n) is 7.40. The van der Waals surface area contributed by atoms with E-state index in [1.54, 1.807) is 0 Å². The van der Waals surface area contributed by atoms with E-state index in [9.17, 15) is 0 Å². The third kappa shape index (κ3) is 4.19. The Balaban J connectivity index is 2.01. The van der Waals surface area contributed by atoms with Crippen LogP contribution in [0.15, 0.2) is 0 Å². The van der Waals surface area contributed by atoms with Gasteiger partial charge in [0.05, 0.1) is 0 Å². The van der Waals surface area contributed by atoms with Gasteiger partial charge in [-0.3, -0.25) is 0 Å². The van der Waals surface area contributed by atoms with Crippen LogP contribution in [0.3, 0.4) is 0 Å². The van der Waals surface area contributed by atoms with Gasteiger partial charge < -0.3 is 10.2 Å². The molecule has 1 saturated carbocycles. The molecule has 0 bridgehead atoms. The van der Waals surface area contributed by atoms with Crippen LogP contribution in [-0.4, -0.2) is 37.6 Å². The Morgan fingerprint density at radius 3 is 2.68 bits per heavy atom. The van der Waals surface area contributed by atoms with Gasteiger partial charge in [-0.1, -0.05) is 32.6 Å². The molecular formula is C17H34N2. The number of hydrogen-bond donors (Lipinski definition) is 1. The van der Waals surface area contributed by atoms with E-state index in [0.29, 0.717) is 5.41 Å². The predicted molar refractivity (Wildman–Crippen MR) is 83.5 cm³/mol. The molecule has 3 atom stereocenters. The first-order valence-electron chi connectivity index (χ1n) is 8.54. The molecule has 0 radical (unpaired) electrons. The summed E-state index contributed by atoms with van der Waals surface area (Å²) in [5.41, 5.74) is 0.547. The summed E-state index contributed by atoms with van der Waals surface area (Å²) in [4.78, 5) is 2.81. The van der Waals surface area contributed by atoms with Crippen LogP contribution in [0.4, 0.5) is 0 Å². The molecule has 1 heterocycles. The summed E-state index contributed by atoms with van der Waals surface area (Å²) < 4.78 is 0. The first-order chi connectivity index (χ1) is 9.15. The normalized spacial score (nSPS) is 38.1. The van der Waals surface area contributed by atoms with E-state index in [4.69, 9.17) is 0 Å². The van der Waals surface area contributed by atoms with Crippen molar-refractivity contribution >= 4 is 0 Å². The zero-order valence-electron chi connectivity index (χ0n) is 13.4. The maximum atomic E-state index is 3.49. The minimum atomic E-state index is 0.547. The maximum Gasteiger partial charge on any atom is 0.00671 e. The van der Waals surface area contributed by atoms with Gasteiger partial charge in [-0.25, -0.2) is 0 Å². The van der Waals surface area contributed by atoms with E-state index in [2.05, 4.69) is 31.1 Å². The summed E-state index contributed by atoms with van der Waals surface area (Å²) in [5.74, 6) is 0.921. The van der Waals surface area contributed by atoms with Gasteiger partial charge in [-0.05, 0) is 57.5 Å². The molecule has 19 heavy (non-hydrogen) atoms. The Morgan fingerprint density at radius 1 is 1.11 bits per heavy atom. The van der Waals surface area contributed by atoms with E-state index in [1.807, 2.05) is 0 Å². The summed E-state index contributed by atoms with van der Waals surface area (Å²) in [6.45, 7) is 8.78. The lowest BCUT2D eigenvalue weighted by Crippen LogP contribution is -2.48. The van der Waals surface area contributed by atoms with Crippen LogP contribution in [0, 0.1) is 11.3 Å². The summed E-state index contributed by atoms with van der Waals surface area (Å²) >= 11 is 0. The molecule has 1 aliphatic heterocycles. The topological polar surface area (TPSA) is 15.3 Å². The lowest BCUT2D eigenvalue weighted by atomic mass is 9.69. The fourth-order valence-electron chi connectivity index (χ4n) is 4.50. The zero-order valence-corrected chi connectivity index (χ0v) is 13.4. The van der Waals surface area contributed by atoms with Crippen molar-refractivity contribution in [2.45, 2.75) is 71.3 Å². The lowest BCUT2D eigenvalue weighted by Gasteiger charge is -2.44. The molecule has 2 aliphatic rings. The summed E-state index contributed by atoms with van der Waals surface area (Å²) in [7, 11) is 2.13. The van der Waals surface area contributed by atoms with Crippen molar-refractivity contribution in [2.24, 2.45) is 11.3 Å². The Labute approximate surface area is 120 Å². The van der Waals surface area contributed by atoms with Crippen LogP contribution in [0.5, 0.6) is 0 Å². The van der Waals surface area contributed by atoms with E-state index < -0.39 is 0 Å². The molecule has 112 valence electrons. The highest BCUT2D eigenvalue weighted by Crippen LogP contribution is 2.40. The van der Waals surface area contributed by atoms with Crippen molar-refractivity contribution < 1.29 is 0 Å². The van der Waals surface area contributed by atoms with E-state index in [0.717, 1.165) is 12.0 Å². The monoisotopic (exact) mass is 266 g/mol. The first-order valence-corrected chi connectivity index (χ1v) is 8.54. The number of nitrogens with zero attached hydrogens (tertiary/aromatic N) is 1. The van der Waals surface area contributed by atoms with Crippen LogP contribution in [0.25, 0.3) is 0 Å². The molecular weight excluding hydrogens is 232 g/mol. The van der Waals surface area contributed by atoms with Crippen LogP contribution in [0.2, 0.25) is 0 Å². The highest BCUT2D eigenvalue weighted by atomic mass is 15.2. The third-order valence-corrected chi connectivity index (χ3v) is 5.47. The smallest absolute Gasteiger partial charge is 0.00671 e. The molecule has 1 aliphatic carbocycles. The lowest BCUT2D eigenvalue weighted by molar-refractivity contribution is 0.0642. The van der Waals surface area contributed by atoms with Crippen LogP contribution >= 0.6 is 0 Å². The van der Waals surface area contributed by atoms with Crippen molar-refractivity contribution in [3.63, 3.8) is 0 Å². The molecule has 3 unspecified atom stereocenters. The number of hydrogen-bond acceptors (Lipinski definition) is 2. The third-order valence-electron chi connectivity index (χ3n) is 5.47. The van der Waals surface area contributed by atoms with E-state index in [1.165, 1.54) is 71.0 Å². The number of likely N-dealkylation sites (tertiary alicyclic amines) is 1. The van der Waals surface area contributed by atoms with Gasteiger partial charge in [0.1, 0.15) is 0 Å². The molecule has 0 spiro atoms. The molecule has 0 aromatic carbocycles. The van der Waals surface area contributed by atoms with Crippen LogP contribution < -0.4 is 5.32 Å². The number of nitrogens with one attached hydrogen (secondary N) is 1. The molecule has 0 amide bonds. The van der Waals surface area contributed by atoms with Gasteiger partial charge in [-0.2, -0.15) is 0 Å². The van der Waals surface area contributed by atoms with Crippen LogP contribution in [0.1, 0.15) is 65.2 Å². The van der Waals surface area contributed by atoms with Crippen LogP contribution in [-0.2, 0) is 0 Å². The molecule has 0 aromatic heterocycles. The summed E-state index contributed by atoms with van der Waals surface area (Å²) in [6.07, 6.45) is 11.4.